The molecule has 0 aliphatic carbocycles. The van der Waals surface area contributed by atoms with Gasteiger partial charge in [0.1, 0.15) is 5.69 Å². The van der Waals surface area contributed by atoms with Gasteiger partial charge in [0.25, 0.3) is 0 Å². The Morgan fingerprint density at radius 2 is 1.42 bits per heavy atom. The Bertz CT molecular complexity index is 723. The summed E-state index contributed by atoms with van der Waals surface area (Å²) in [5, 5.41) is 0. The normalized spacial score (nSPS) is 12.5. The summed E-state index contributed by atoms with van der Waals surface area (Å²) >= 11 is 0. The molecule has 0 N–H and O–H groups in total. The predicted molar refractivity (Wildman–Crippen MR) is 66.3 cm³/mol. The lowest BCUT2D eigenvalue weighted by Crippen LogP contribution is -2.13. The monoisotopic (exact) mass is 357 g/mol. The van der Waals surface area contributed by atoms with Crippen molar-refractivity contribution in [3.63, 3.8) is 0 Å². The molecule has 2 aromatic rings. The van der Waals surface area contributed by atoms with Crippen LogP contribution in [0, 0.1) is 0 Å². The molecule has 0 aliphatic rings. The first-order valence-corrected chi connectivity index (χ1v) is 6.20. The van der Waals surface area contributed by atoms with Crippen LogP contribution in [0.3, 0.4) is 0 Å². The highest BCUT2D eigenvalue weighted by Crippen LogP contribution is 2.41. The van der Waals surface area contributed by atoms with Crippen molar-refractivity contribution in [3.8, 4) is 17.0 Å². The standard InChI is InChI=1S/C14H7F8NO/c15-12(16)24-11-8(5-6-10(23-11)14(20,21)22)7-3-1-2-4-9(7)13(17,18)19/h1-6,12H. The first-order valence-electron chi connectivity index (χ1n) is 6.20. The lowest BCUT2D eigenvalue weighted by Gasteiger charge is -2.16. The molecule has 0 amide bonds. The van der Waals surface area contributed by atoms with E-state index in [1.165, 1.54) is 6.07 Å². The number of hydrogen-bond donors (Lipinski definition) is 0. The fraction of sp³-hybridized carbons (Fsp3) is 0.214. The maximum atomic E-state index is 13.0. The van der Waals surface area contributed by atoms with Crippen LogP contribution < -0.4 is 4.74 Å². The van der Waals surface area contributed by atoms with E-state index in [-0.39, 0.29) is 0 Å². The number of aromatic nitrogens is 1. The van der Waals surface area contributed by atoms with Crippen LogP contribution in [0.1, 0.15) is 11.3 Å². The molecule has 1 heterocycles. The zero-order valence-corrected chi connectivity index (χ0v) is 11.4. The zero-order chi connectivity index (χ0) is 18.1. The van der Waals surface area contributed by atoms with Gasteiger partial charge in [-0.3, -0.25) is 0 Å². The van der Waals surface area contributed by atoms with Gasteiger partial charge in [0, 0.05) is 5.56 Å². The van der Waals surface area contributed by atoms with Crippen molar-refractivity contribution in [1.29, 1.82) is 0 Å². The number of ether oxygens (including phenoxy) is 1. The summed E-state index contributed by atoms with van der Waals surface area (Å²) in [6.07, 6.45) is -9.82. The highest BCUT2D eigenvalue weighted by atomic mass is 19.4. The molecule has 0 bridgehead atoms. The molecule has 0 saturated carbocycles. The fourth-order valence-corrected chi connectivity index (χ4v) is 1.94. The van der Waals surface area contributed by atoms with Gasteiger partial charge in [-0.05, 0) is 23.8 Å². The number of halogens is 8. The van der Waals surface area contributed by atoms with Crippen LogP contribution in [0.15, 0.2) is 36.4 Å². The molecule has 0 atom stereocenters. The fourth-order valence-electron chi connectivity index (χ4n) is 1.94. The lowest BCUT2D eigenvalue weighted by molar-refractivity contribution is -0.142. The van der Waals surface area contributed by atoms with E-state index in [1.54, 1.807) is 0 Å². The second-order valence-corrected chi connectivity index (χ2v) is 4.47. The van der Waals surface area contributed by atoms with Crippen LogP contribution in [-0.2, 0) is 12.4 Å². The van der Waals surface area contributed by atoms with Gasteiger partial charge in [0.2, 0.25) is 5.88 Å². The van der Waals surface area contributed by atoms with Crippen LogP contribution in [0.25, 0.3) is 11.1 Å². The topological polar surface area (TPSA) is 22.1 Å². The molecular weight excluding hydrogens is 350 g/mol. The van der Waals surface area contributed by atoms with Crippen molar-refractivity contribution < 1.29 is 39.9 Å². The molecule has 1 aromatic carbocycles. The van der Waals surface area contributed by atoms with Crippen molar-refractivity contribution >= 4 is 0 Å². The SMILES string of the molecule is FC(F)Oc1nc(C(F)(F)F)ccc1-c1ccccc1C(F)(F)F. The van der Waals surface area contributed by atoms with E-state index in [0.29, 0.717) is 18.2 Å². The Hall–Kier alpha value is -2.39. The molecule has 0 fully saturated rings. The number of pyridine rings is 1. The van der Waals surface area contributed by atoms with E-state index >= 15 is 0 Å². The molecule has 130 valence electrons. The third-order valence-corrected chi connectivity index (χ3v) is 2.87. The molecule has 0 spiro atoms. The quantitative estimate of drug-likeness (QED) is 0.688. The van der Waals surface area contributed by atoms with E-state index < -0.39 is 47.2 Å². The molecule has 1 aromatic heterocycles. The Balaban J connectivity index is 2.67. The Morgan fingerprint density at radius 1 is 0.792 bits per heavy atom. The minimum absolute atomic E-state index is 0.390. The number of hydrogen-bond acceptors (Lipinski definition) is 2. The van der Waals surface area contributed by atoms with Crippen molar-refractivity contribution in [2.75, 3.05) is 0 Å². The van der Waals surface area contributed by atoms with Crippen molar-refractivity contribution in [2.45, 2.75) is 19.0 Å². The van der Waals surface area contributed by atoms with Crippen LogP contribution in [0.4, 0.5) is 35.1 Å². The van der Waals surface area contributed by atoms with E-state index in [0.717, 1.165) is 12.1 Å². The number of alkyl halides is 8. The highest BCUT2D eigenvalue weighted by Gasteiger charge is 2.36. The number of rotatable bonds is 3. The second kappa shape index (κ2) is 6.25. The number of nitrogens with zero attached hydrogens (tertiary/aromatic N) is 1. The van der Waals surface area contributed by atoms with E-state index in [1.807, 2.05) is 0 Å². The predicted octanol–water partition coefficient (Wildman–Crippen LogP) is 5.39. The van der Waals surface area contributed by atoms with Gasteiger partial charge >= 0.3 is 19.0 Å². The average Bonchev–Trinajstić information content (AvgIpc) is 2.44. The molecule has 2 rings (SSSR count). The summed E-state index contributed by atoms with van der Waals surface area (Å²) in [6.45, 7) is -3.56. The first-order chi connectivity index (χ1) is 11.0. The summed E-state index contributed by atoms with van der Waals surface area (Å²) in [4.78, 5) is 2.89. The second-order valence-electron chi connectivity index (χ2n) is 4.47. The van der Waals surface area contributed by atoms with Crippen LogP contribution >= 0.6 is 0 Å². The van der Waals surface area contributed by atoms with Gasteiger partial charge < -0.3 is 4.74 Å². The summed E-state index contributed by atoms with van der Waals surface area (Å²) in [6, 6.07) is 4.81. The van der Waals surface area contributed by atoms with Gasteiger partial charge in [-0.15, -0.1) is 0 Å². The molecule has 0 unspecified atom stereocenters. The lowest BCUT2D eigenvalue weighted by atomic mass is 10.00. The third-order valence-electron chi connectivity index (χ3n) is 2.87. The van der Waals surface area contributed by atoms with Crippen LogP contribution in [0.2, 0.25) is 0 Å². The summed E-state index contributed by atoms with van der Waals surface area (Å²) in [5.41, 5.74) is -4.03. The third kappa shape index (κ3) is 3.92. The Labute approximate surface area is 129 Å². The first kappa shape index (κ1) is 18.0. The van der Waals surface area contributed by atoms with Crippen molar-refractivity contribution in [2.24, 2.45) is 0 Å². The minimum Gasteiger partial charge on any atom is -0.416 e. The van der Waals surface area contributed by atoms with Crippen LogP contribution in [-0.4, -0.2) is 11.6 Å². The Morgan fingerprint density at radius 3 is 1.96 bits per heavy atom. The van der Waals surface area contributed by atoms with E-state index in [4.69, 9.17) is 0 Å². The van der Waals surface area contributed by atoms with E-state index in [2.05, 4.69) is 9.72 Å². The molecular formula is C14H7F8NO. The van der Waals surface area contributed by atoms with E-state index in [9.17, 15) is 35.1 Å². The minimum atomic E-state index is -4.97. The maximum absolute atomic E-state index is 13.0. The van der Waals surface area contributed by atoms with Gasteiger partial charge in [0.05, 0.1) is 5.56 Å². The van der Waals surface area contributed by atoms with Gasteiger partial charge in [-0.1, -0.05) is 18.2 Å². The molecule has 0 aliphatic heterocycles. The largest absolute Gasteiger partial charge is 0.433 e. The van der Waals surface area contributed by atoms with Gasteiger partial charge in [0.15, 0.2) is 0 Å². The molecule has 0 radical (unpaired) electrons. The van der Waals surface area contributed by atoms with Gasteiger partial charge in [-0.25, -0.2) is 4.98 Å². The summed E-state index contributed by atoms with van der Waals surface area (Å²) in [5.74, 6) is -1.24. The molecule has 0 saturated heterocycles. The van der Waals surface area contributed by atoms with Crippen molar-refractivity contribution in [1.82, 2.24) is 4.98 Å². The molecule has 10 heteroatoms. The van der Waals surface area contributed by atoms with Crippen molar-refractivity contribution in [3.05, 3.63) is 47.7 Å². The molecule has 2 nitrogen and oxygen atoms in total. The number of benzene rings is 1. The maximum Gasteiger partial charge on any atom is 0.433 e. The average molecular weight is 357 g/mol. The van der Waals surface area contributed by atoms with Crippen LogP contribution in [0.5, 0.6) is 5.88 Å². The smallest absolute Gasteiger partial charge is 0.416 e. The van der Waals surface area contributed by atoms with Gasteiger partial charge in [-0.2, -0.15) is 35.1 Å². The Kier molecular flexibility index (Phi) is 4.68. The zero-order valence-electron chi connectivity index (χ0n) is 11.4. The summed E-state index contributed by atoms with van der Waals surface area (Å²) in [7, 11) is 0. The summed E-state index contributed by atoms with van der Waals surface area (Å²) < 4.78 is 106. The molecule has 24 heavy (non-hydrogen) atoms. The highest BCUT2D eigenvalue weighted by molar-refractivity contribution is 5.72.